The molecule has 0 aromatic heterocycles. The number of methoxy groups -OCH3 is 2. The van der Waals surface area contributed by atoms with E-state index in [1.807, 2.05) is 6.92 Å². The molecule has 2 fully saturated rings. The number of rotatable bonds is 22. The van der Waals surface area contributed by atoms with Gasteiger partial charge in [0.15, 0.2) is 5.72 Å². The van der Waals surface area contributed by atoms with Gasteiger partial charge in [0.25, 0.3) is 17.7 Å². The molecule has 28 heteroatoms. The monoisotopic (exact) mass is 1250 g/mol. The molecule has 4 aliphatic rings. The molecule has 0 radical (unpaired) electrons. The van der Waals surface area contributed by atoms with Crippen molar-refractivity contribution in [3.63, 3.8) is 0 Å². The number of alkyl carbamates (subject to hydrolysis) is 1. The number of hydrogen-bond donors (Lipinski definition) is 7. The lowest BCUT2D eigenvalue weighted by Crippen LogP contribution is -2.63. The predicted octanol–water partition coefficient (Wildman–Crippen LogP) is 4.60. The van der Waals surface area contributed by atoms with Gasteiger partial charge in [-0.1, -0.05) is 62.6 Å². The maximum absolute atomic E-state index is 16.2. The lowest BCUT2D eigenvalue weighted by Gasteiger charge is -2.42. The zero-order valence-electron chi connectivity index (χ0n) is 50.8. The smallest absolute Gasteiger partial charge is 0.409 e. The standard InChI is InChI=1S/C60H78ClF2N9O16/c1-31(2)51(68-46(73)19-12-11-13-23-72-47(74)20-21-48(72)75)54(78)66-39(17-15-22-65-57(64)81)53(77)67-40-28-37(62)36(27-38(40)63)55(79)70(7)34(5)56(80)87-45-29-49(76)71(8)41-25-35(26-42(84-9)50(41)61)24-32(3)16-14-18-44(85-10)60(83)30-43(86-58(82)69-60)33(4)52-59(45,6)88-52/h14,16,18,20-21,25-28,31,33-34,39,43-45,51-52,83H,11-13,15,17,19,22-24,29-30H2,1-10H3,(H,66,78)(H,67,77)(H,68,73)(H,69,82)(H3,64,65,81)/b18-14+,32-16+/t33-,34+,39+,43+,44-,45+,51+,52+,59+,60+/m1/s1. The van der Waals surface area contributed by atoms with E-state index in [1.165, 1.54) is 45.2 Å². The van der Waals surface area contributed by atoms with E-state index in [0.29, 0.717) is 43.4 Å². The third-order valence-electron chi connectivity index (χ3n) is 16.0. The average Bonchev–Trinajstić information content (AvgIpc) is 1.70. The topological polar surface area (TPSA) is 336 Å². The molecule has 0 spiro atoms. The van der Waals surface area contributed by atoms with Crippen molar-refractivity contribution in [2.45, 2.75) is 153 Å². The number of benzene rings is 2. The van der Waals surface area contributed by atoms with Crippen molar-refractivity contribution in [3.8, 4) is 5.75 Å². The van der Waals surface area contributed by atoms with Crippen LogP contribution in [0.1, 0.15) is 109 Å². The number of halogens is 3. The van der Waals surface area contributed by atoms with E-state index in [9.17, 15) is 53.1 Å². The number of esters is 1. The Balaban J connectivity index is 1.18. The maximum Gasteiger partial charge on any atom is 0.409 e. The molecule has 88 heavy (non-hydrogen) atoms. The Labute approximate surface area is 513 Å². The number of nitrogens with one attached hydrogen (secondary N) is 5. The second kappa shape index (κ2) is 29.8. The van der Waals surface area contributed by atoms with E-state index in [2.05, 4.69) is 26.6 Å². The number of carbonyl (C=O) groups excluding carboxylic acids is 10. The largest absolute Gasteiger partial charge is 0.495 e. The first kappa shape index (κ1) is 69.1. The van der Waals surface area contributed by atoms with E-state index >= 15 is 8.78 Å². The van der Waals surface area contributed by atoms with E-state index in [1.54, 1.807) is 58.1 Å². The minimum Gasteiger partial charge on any atom is -0.495 e. The van der Waals surface area contributed by atoms with Gasteiger partial charge in [-0.2, -0.15) is 0 Å². The van der Waals surface area contributed by atoms with Crippen LogP contribution >= 0.6 is 11.6 Å². The van der Waals surface area contributed by atoms with Crippen LogP contribution in [0.4, 0.5) is 29.7 Å². The van der Waals surface area contributed by atoms with E-state index < -0.39 is 154 Å². The van der Waals surface area contributed by atoms with Crippen molar-refractivity contribution in [1.29, 1.82) is 0 Å². The van der Waals surface area contributed by atoms with Crippen LogP contribution in [-0.4, -0.2) is 170 Å². The van der Waals surface area contributed by atoms with Crippen LogP contribution in [0.5, 0.6) is 5.75 Å². The summed E-state index contributed by atoms with van der Waals surface area (Å²) in [6.07, 6.45) is 2.80. The molecule has 0 unspecified atom stereocenters. The molecule has 6 rings (SSSR count). The van der Waals surface area contributed by atoms with Crippen molar-refractivity contribution >= 4 is 82.4 Å². The lowest BCUT2D eigenvalue weighted by molar-refractivity contribution is -0.158. The van der Waals surface area contributed by atoms with Crippen LogP contribution in [0.3, 0.4) is 0 Å². The van der Waals surface area contributed by atoms with E-state index in [-0.39, 0.29) is 55.2 Å². The minimum atomic E-state index is -1.97. The van der Waals surface area contributed by atoms with Gasteiger partial charge in [-0.3, -0.25) is 43.8 Å². The Bertz CT molecular complexity index is 3110. The lowest BCUT2D eigenvalue weighted by atomic mass is 9.83. The molecule has 4 heterocycles. The second-order valence-electron chi connectivity index (χ2n) is 22.9. The fourth-order valence-corrected chi connectivity index (χ4v) is 10.9. The molecule has 10 atom stereocenters. The summed E-state index contributed by atoms with van der Waals surface area (Å²) in [7, 11) is 5.36. The number of unbranched alkanes of at least 4 members (excludes halogenated alkanes) is 2. The number of anilines is 2. The van der Waals surface area contributed by atoms with Crippen molar-refractivity contribution in [1.82, 2.24) is 31.1 Å². The van der Waals surface area contributed by atoms with E-state index in [4.69, 9.17) is 41.0 Å². The Hall–Kier alpha value is -8.01. The molecule has 25 nitrogen and oxygen atoms in total. The number of primary amides is 1. The number of carbonyl (C=O) groups is 10. The highest BCUT2D eigenvalue weighted by molar-refractivity contribution is 6.35. The number of epoxide rings is 1. The summed E-state index contributed by atoms with van der Waals surface area (Å²) in [6, 6.07) is -0.636. The third-order valence-corrected chi connectivity index (χ3v) is 16.4. The van der Waals surface area contributed by atoms with Crippen molar-refractivity contribution in [2.24, 2.45) is 17.6 Å². The Kier molecular flexibility index (Phi) is 23.4. The van der Waals surface area contributed by atoms with Crippen LogP contribution in [-0.2, 0) is 58.9 Å². The molecule has 2 saturated heterocycles. The number of ether oxygens (including phenoxy) is 5. The zero-order valence-corrected chi connectivity index (χ0v) is 51.6. The molecule has 2 aromatic carbocycles. The van der Waals surface area contributed by atoms with Gasteiger partial charge in [0.2, 0.25) is 23.6 Å². The second-order valence-corrected chi connectivity index (χ2v) is 23.3. The summed E-state index contributed by atoms with van der Waals surface area (Å²) in [6.45, 7) is 9.77. The number of aliphatic hydroxyl groups is 1. The average molecular weight is 1250 g/mol. The number of imide groups is 1. The summed E-state index contributed by atoms with van der Waals surface area (Å²) >= 11 is 6.81. The van der Waals surface area contributed by atoms with Gasteiger partial charge >= 0.3 is 18.1 Å². The number of urea groups is 1. The van der Waals surface area contributed by atoms with Gasteiger partial charge in [-0.05, 0) is 82.6 Å². The van der Waals surface area contributed by atoms with Gasteiger partial charge in [0, 0.05) is 71.3 Å². The highest BCUT2D eigenvalue weighted by Crippen LogP contribution is 2.49. The number of fused-ring (bicyclic) bond motifs is 5. The number of nitrogens with two attached hydrogens (primary N) is 1. The maximum atomic E-state index is 16.2. The summed E-state index contributed by atoms with van der Waals surface area (Å²) in [5.74, 6) is -9.75. The Morgan fingerprint density at radius 1 is 0.966 bits per heavy atom. The van der Waals surface area contributed by atoms with Crippen LogP contribution in [0.25, 0.3) is 0 Å². The first-order valence-electron chi connectivity index (χ1n) is 28.8. The summed E-state index contributed by atoms with van der Waals surface area (Å²) in [4.78, 5) is 135. The van der Waals surface area contributed by atoms with Crippen LogP contribution < -0.4 is 42.0 Å². The fourth-order valence-electron chi connectivity index (χ4n) is 10.6. The molecule has 480 valence electrons. The quantitative estimate of drug-likeness (QED) is 0.0366. The highest BCUT2D eigenvalue weighted by Gasteiger charge is 2.64. The molecule has 8 N–H and O–H groups in total. The molecule has 4 bridgehead atoms. The number of nitrogens with zero attached hydrogens (tertiary/aromatic N) is 3. The fraction of sp³-hybridized carbons (Fsp3) is 0.533. The normalized spacial score (nSPS) is 24.8. The molecule has 2 aromatic rings. The number of allylic oxidation sites excluding steroid dienone is 3. The summed E-state index contributed by atoms with van der Waals surface area (Å²) in [5.41, 5.74) is 1.89. The van der Waals surface area contributed by atoms with Gasteiger partial charge in [-0.25, -0.2) is 23.2 Å². The Morgan fingerprint density at radius 2 is 1.66 bits per heavy atom. The molecule has 10 amide bonds. The summed E-state index contributed by atoms with van der Waals surface area (Å²) < 4.78 is 61.5. The van der Waals surface area contributed by atoms with Gasteiger partial charge in [-0.15, -0.1) is 0 Å². The van der Waals surface area contributed by atoms with Crippen molar-refractivity contribution < 1.29 is 85.5 Å². The van der Waals surface area contributed by atoms with Gasteiger partial charge < -0.3 is 65.6 Å². The predicted molar refractivity (Wildman–Crippen MR) is 315 cm³/mol. The zero-order chi connectivity index (χ0) is 65.1. The molecule has 0 aliphatic carbocycles. The SMILES string of the molecule is COc1cc2cc(c1Cl)N(C)C(=O)C[C@H](OC(=O)[C@H](C)N(C)C(=O)c1cc(F)c(NC(=O)[C@H](CCCNC(N)=O)NC(=O)[C@@H](NC(=O)CCCCCN3C(=O)C=CC3=O)C(C)C)cc1F)[C@]1(C)O[C@H]1[C@H](C)[C@@H]1C[C@@](O)(NC(=O)O1)[C@H](OC)/C=C/C=C(\C)C2. The minimum absolute atomic E-state index is 0.0112. The molecular weight excluding hydrogens is 1180 g/mol. The van der Waals surface area contributed by atoms with Gasteiger partial charge in [0.05, 0.1) is 36.6 Å². The number of likely N-dealkylation sites (N-methyl/N-ethyl adjacent to an activating group) is 1. The molecular formula is C60H78ClF2N9O16. The van der Waals surface area contributed by atoms with Crippen LogP contribution in [0.15, 0.2) is 60.2 Å². The van der Waals surface area contributed by atoms with Crippen molar-refractivity contribution in [3.05, 3.63) is 88.0 Å². The first-order valence-corrected chi connectivity index (χ1v) is 29.1. The highest BCUT2D eigenvalue weighted by atomic mass is 35.5. The molecule has 0 saturated carbocycles. The van der Waals surface area contributed by atoms with Crippen LogP contribution in [0.2, 0.25) is 5.02 Å². The van der Waals surface area contributed by atoms with Crippen molar-refractivity contribution in [2.75, 3.05) is 51.6 Å². The third kappa shape index (κ3) is 17.0. The summed E-state index contributed by atoms with van der Waals surface area (Å²) in [5, 5.41) is 24.3. The van der Waals surface area contributed by atoms with Gasteiger partial charge in [0.1, 0.15) is 64.4 Å². The first-order chi connectivity index (χ1) is 41.4. The Morgan fingerprint density at radius 3 is 2.31 bits per heavy atom. The van der Waals surface area contributed by atoms with E-state index in [0.717, 1.165) is 22.4 Å². The molecule has 4 aliphatic heterocycles. The number of amides is 10. The number of hydrogen-bond acceptors (Lipinski definition) is 16. The van der Waals surface area contributed by atoms with Crippen LogP contribution in [0, 0.1) is 23.5 Å².